The molecule has 0 atom stereocenters. The average molecular weight is 378 g/mol. The third-order valence-corrected chi connectivity index (χ3v) is 5.07. The number of nitrogens with one attached hydrogen (secondary N) is 1. The number of H-pyrrole nitrogens is 1. The first kappa shape index (κ1) is 17.2. The maximum absolute atomic E-state index is 12.6. The zero-order valence-corrected chi connectivity index (χ0v) is 15.6. The summed E-state index contributed by atoms with van der Waals surface area (Å²) in [6.07, 6.45) is 0. The molecule has 7 heteroatoms. The van der Waals surface area contributed by atoms with Crippen molar-refractivity contribution in [3.8, 4) is 5.75 Å². The predicted molar refractivity (Wildman–Crippen MR) is 105 cm³/mol. The van der Waals surface area contributed by atoms with E-state index in [2.05, 4.69) is 15.2 Å². The number of thiazole rings is 1. The Morgan fingerprint density at radius 2 is 1.93 bits per heavy atom. The molecule has 2 aromatic heterocycles. The van der Waals surface area contributed by atoms with Gasteiger partial charge in [0.1, 0.15) is 17.4 Å². The van der Waals surface area contributed by atoms with Crippen LogP contribution < -0.4 is 4.74 Å². The summed E-state index contributed by atoms with van der Waals surface area (Å²) in [5.74, 6) is 0.615. The first-order valence-corrected chi connectivity index (χ1v) is 9.33. The zero-order chi connectivity index (χ0) is 18.6. The highest BCUT2D eigenvalue weighted by molar-refractivity contribution is 7.18. The second-order valence-corrected chi connectivity index (χ2v) is 7.23. The number of ether oxygens (including phenoxy) is 1. The highest BCUT2D eigenvalue weighted by Crippen LogP contribution is 2.22. The van der Waals surface area contributed by atoms with E-state index in [1.54, 1.807) is 29.4 Å². The van der Waals surface area contributed by atoms with Crippen molar-refractivity contribution in [1.82, 2.24) is 20.1 Å². The molecule has 1 amide bonds. The van der Waals surface area contributed by atoms with Crippen LogP contribution in [0.1, 0.15) is 21.2 Å². The quantitative estimate of drug-likeness (QED) is 0.553. The number of para-hydroxylation sites is 2. The minimum atomic E-state index is -0.156. The number of fused-ring (bicyclic) bond motifs is 1. The minimum Gasteiger partial charge on any atom is -0.487 e. The van der Waals surface area contributed by atoms with Gasteiger partial charge in [0.2, 0.25) is 0 Å². The van der Waals surface area contributed by atoms with E-state index in [0.29, 0.717) is 18.8 Å². The third kappa shape index (κ3) is 3.98. The van der Waals surface area contributed by atoms with E-state index in [1.165, 1.54) is 0 Å². The number of carbonyl (C=O) groups is 1. The molecule has 27 heavy (non-hydrogen) atoms. The van der Waals surface area contributed by atoms with Crippen LogP contribution >= 0.6 is 11.3 Å². The van der Waals surface area contributed by atoms with E-state index in [4.69, 9.17) is 4.74 Å². The molecule has 0 radical (unpaired) electrons. The fraction of sp³-hybridized carbons (Fsp3) is 0.150. The highest BCUT2D eigenvalue weighted by atomic mass is 32.1. The average Bonchev–Trinajstić information content (AvgIpc) is 3.33. The Morgan fingerprint density at radius 3 is 2.74 bits per heavy atom. The number of nitrogens with zero attached hydrogens (tertiary/aromatic N) is 3. The second-order valence-electron chi connectivity index (χ2n) is 6.12. The summed E-state index contributed by atoms with van der Waals surface area (Å²) in [7, 11) is 1.75. The Bertz CT molecular complexity index is 1020. The molecule has 0 unspecified atom stereocenters. The number of aromatic nitrogens is 3. The Balaban J connectivity index is 1.39. The lowest BCUT2D eigenvalue weighted by Crippen LogP contribution is -2.26. The van der Waals surface area contributed by atoms with Gasteiger partial charge in [0, 0.05) is 7.05 Å². The standard InChI is InChI=1S/C20H18N4O2S/c1-24(12-19-21-16-9-5-6-10-18(16)27-19)20(25)17-11-14(22-23-17)13-26-15-7-3-2-4-8-15/h2-11H,12-13H2,1H3,(H,22,23). The lowest BCUT2D eigenvalue weighted by molar-refractivity contribution is 0.0779. The molecule has 1 N–H and O–H groups in total. The van der Waals surface area contributed by atoms with Gasteiger partial charge in [0.25, 0.3) is 5.91 Å². The number of amides is 1. The molecule has 0 fully saturated rings. The predicted octanol–water partition coefficient (Wildman–Crippen LogP) is 3.87. The summed E-state index contributed by atoms with van der Waals surface area (Å²) < 4.78 is 6.79. The highest BCUT2D eigenvalue weighted by Gasteiger charge is 2.17. The molecule has 0 aliphatic rings. The number of rotatable bonds is 6. The Kier molecular flexibility index (Phi) is 4.84. The Morgan fingerprint density at radius 1 is 1.15 bits per heavy atom. The molecule has 4 aromatic rings. The van der Waals surface area contributed by atoms with Crippen LogP contribution in [0.2, 0.25) is 0 Å². The lowest BCUT2D eigenvalue weighted by Gasteiger charge is -2.13. The maximum atomic E-state index is 12.6. The molecule has 0 spiro atoms. The topological polar surface area (TPSA) is 71.1 Å². The van der Waals surface area contributed by atoms with E-state index in [0.717, 1.165) is 26.7 Å². The van der Waals surface area contributed by atoms with Crippen LogP contribution in [0.25, 0.3) is 10.2 Å². The molecule has 2 aromatic carbocycles. The van der Waals surface area contributed by atoms with Crippen LogP contribution in [0, 0.1) is 0 Å². The fourth-order valence-corrected chi connectivity index (χ4v) is 3.70. The molecule has 4 rings (SSSR count). The van der Waals surface area contributed by atoms with Crippen molar-refractivity contribution in [2.75, 3.05) is 7.05 Å². The summed E-state index contributed by atoms with van der Waals surface area (Å²) in [6, 6.07) is 19.2. The second kappa shape index (κ2) is 7.59. The van der Waals surface area contributed by atoms with E-state index in [1.807, 2.05) is 54.6 Å². The van der Waals surface area contributed by atoms with Gasteiger partial charge in [-0.15, -0.1) is 11.3 Å². The van der Waals surface area contributed by atoms with Crippen molar-refractivity contribution in [2.24, 2.45) is 0 Å². The maximum Gasteiger partial charge on any atom is 0.274 e. The van der Waals surface area contributed by atoms with Crippen LogP contribution in [-0.4, -0.2) is 33.0 Å². The summed E-state index contributed by atoms with van der Waals surface area (Å²) in [6.45, 7) is 0.771. The van der Waals surface area contributed by atoms with Gasteiger partial charge < -0.3 is 9.64 Å². The molecule has 0 saturated carbocycles. The number of hydrogen-bond donors (Lipinski definition) is 1. The lowest BCUT2D eigenvalue weighted by atomic mass is 10.3. The van der Waals surface area contributed by atoms with Gasteiger partial charge >= 0.3 is 0 Å². The van der Waals surface area contributed by atoms with Crippen molar-refractivity contribution in [3.05, 3.63) is 77.1 Å². The van der Waals surface area contributed by atoms with Gasteiger partial charge in [0.05, 0.1) is 22.5 Å². The van der Waals surface area contributed by atoms with Crippen molar-refractivity contribution in [2.45, 2.75) is 13.2 Å². The zero-order valence-electron chi connectivity index (χ0n) is 14.8. The van der Waals surface area contributed by atoms with Crippen LogP contribution in [0.15, 0.2) is 60.7 Å². The molecule has 2 heterocycles. The molecule has 0 aliphatic carbocycles. The largest absolute Gasteiger partial charge is 0.487 e. The Labute approximate surface area is 160 Å². The summed E-state index contributed by atoms with van der Waals surface area (Å²) in [5.41, 5.74) is 2.07. The summed E-state index contributed by atoms with van der Waals surface area (Å²) in [5, 5.41) is 7.88. The van der Waals surface area contributed by atoms with Gasteiger partial charge in [-0.2, -0.15) is 5.10 Å². The van der Waals surface area contributed by atoms with Crippen LogP contribution in [-0.2, 0) is 13.2 Å². The smallest absolute Gasteiger partial charge is 0.274 e. The number of carbonyl (C=O) groups excluding carboxylic acids is 1. The number of aromatic amines is 1. The first-order valence-electron chi connectivity index (χ1n) is 8.51. The van der Waals surface area contributed by atoms with E-state index >= 15 is 0 Å². The molecule has 0 aliphatic heterocycles. The fourth-order valence-electron chi connectivity index (χ4n) is 2.68. The SMILES string of the molecule is CN(Cc1nc2ccccc2s1)C(=O)c1cc(COc2ccccc2)[nH]n1. The summed E-state index contributed by atoms with van der Waals surface area (Å²) in [4.78, 5) is 18.8. The monoisotopic (exact) mass is 378 g/mol. The Hall–Kier alpha value is -3.19. The molecule has 136 valence electrons. The van der Waals surface area contributed by atoms with Crippen LogP contribution in [0.4, 0.5) is 0 Å². The molecule has 0 saturated heterocycles. The number of benzene rings is 2. The van der Waals surface area contributed by atoms with Gasteiger partial charge in [-0.25, -0.2) is 4.98 Å². The van der Waals surface area contributed by atoms with E-state index in [-0.39, 0.29) is 5.91 Å². The van der Waals surface area contributed by atoms with Gasteiger partial charge in [-0.1, -0.05) is 30.3 Å². The van der Waals surface area contributed by atoms with Crippen molar-refractivity contribution in [1.29, 1.82) is 0 Å². The molecular weight excluding hydrogens is 360 g/mol. The first-order chi connectivity index (χ1) is 13.2. The van der Waals surface area contributed by atoms with Gasteiger partial charge in [-0.3, -0.25) is 9.89 Å². The van der Waals surface area contributed by atoms with Crippen molar-refractivity contribution < 1.29 is 9.53 Å². The van der Waals surface area contributed by atoms with E-state index < -0.39 is 0 Å². The molecule has 6 nitrogen and oxygen atoms in total. The molecular formula is C20H18N4O2S. The van der Waals surface area contributed by atoms with Gasteiger partial charge in [-0.05, 0) is 30.3 Å². The van der Waals surface area contributed by atoms with Crippen LogP contribution in [0.3, 0.4) is 0 Å². The van der Waals surface area contributed by atoms with Crippen molar-refractivity contribution in [3.63, 3.8) is 0 Å². The number of hydrogen-bond acceptors (Lipinski definition) is 5. The summed E-state index contributed by atoms with van der Waals surface area (Å²) >= 11 is 1.60. The molecule has 0 bridgehead atoms. The normalized spacial score (nSPS) is 10.9. The van der Waals surface area contributed by atoms with Gasteiger partial charge in [0.15, 0.2) is 5.69 Å². The van der Waals surface area contributed by atoms with Crippen molar-refractivity contribution >= 4 is 27.5 Å². The minimum absolute atomic E-state index is 0.156. The van der Waals surface area contributed by atoms with Crippen LogP contribution in [0.5, 0.6) is 5.75 Å². The van der Waals surface area contributed by atoms with E-state index in [9.17, 15) is 4.79 Å². The third-order valence-electron chi connectivity index (χ3n) is 4.04.